The molecule has 1 aliphatic carbocycles. The second-order valence-corrected chi connectivity index (χ2v) is 11.4. The summed E-state index contributed by atoms with van der Waals surface area (Å²) in [6.07, 6.45) is 12.5. The topological polar surface area (TPSA) is 0 Å². The molecule has 1 heterocycles. The molecule has 1 aromatic rings. The maximum atomic E-state index is 13.4. The molecule has 3 heteroatoms. The van der Waals surface area contributed by atoms with Crippen molar-refractivity contribution in [3.05, 3.63) is 35.4 Å². The Bertz CT molecular complexity index is 529. The largest absolute Gasteiger partial charge is 0.204 e. The Morgan fingerprint density at radius 1 is 0.880 bits per heavy atom. The fourth-order valence-corrected chi connectivity index (χ4v) is 8.08. The van der Waals surface area contributed by atoms with E-state index < -0.39 is 11.6 Å². The number of benzene rings is 1. The summed E-state index contributed by atoms with van der Waals surface area (Å²) in [6.45, 7) is 2.31. The maximum Gasteiger partial charge on any atom is 0.159 e. The SMILES string of the molecule is CCCC1CCC(CC[Si]2CCC(c3ccc(F)c(F)c3)CC2)CC1. The Morgan fingerprint density at radius 3 is 2.12 bits per heavy atom. The van der Waals surface area contributed by atoms with Crippen LogP contribution < -0.4 is 0 Å². The Labute approximate surface area is 154 Å². The highest BCUT2D eigenvalue weighted by Crippen LogP contribution is 2.38. The molecular weight excluding hydrogens is 330 g/mol. The van der Waals surface area contributed by atoms with E-state index in [1.54, 1.807) is 6.07 Å². The second-order valence-electron chi connectivity index (χ2n) is 8.41. The lowest BCUT2D eigenvalue weighted by molar-refractivity contribution is 0.257. The fraction of sp³-hybridized carbons (Fsp3) is 0.727. The molecule has 1 saturated heterocycles. The first kappa shape index (κ1) is 19.1. The van der Waals surface area contributed by atoms with Crippen LogP contribution in [0.2, 0.25) is 18.1 Å². The van der Waals surface area contributed by atoms with E-state index in [9.17, 15) is 8.78 Å². The van der Waals surface area contributed by atoms with E-state index in [4.69, 9.17) is 0 Å². The highest BCUT2D eigenvalue weighted by molar-refractivity contribution is 6.59. The van der Waals surface area contributed by atoms with Crippen LogP contribution in [0.25, 0.3) is 0 Å². The summed E-state index contributed by atoms with van der Waals surface area (Å²) >= 11 is 0. The van der Waals surface area contributed by atoms with Gasteiger partial charge in [-0.2, -0.15) is 0 Å². The van der Waals surface area contributed by atoms with Crippen molar-refractivity contribution in [2.24, 2.45) is 11.8 Å². The number of rotatable bonds is 6. The highest BCUT2D eigenvalue weighted by atomic mass is 28.3. The van der Waals surface area contributed by atoms with Gasteiger partial charge in [0.15, 0.2) is 11.6 Å². The third-order valence-corrected chi connectivity index (χ3v) is 9.66. The molecule has 2 aliphatic rings. The van der Waals surface area contributed by atoms with Gasteiger partial charge in [0.25, 0.3) is 0 Å². The van der Waals surface area contributed by atoms with Crippen molar-refractivity contribution in [1.29, 1.82) is 0 Å². The van der Waals surface area contributed by atoms with E-state index in [1.165, 1.54) is 88.1 Å². The van der Waals surface area contributed by atoms with Gasteiger partial charge < -0.3 is 0 Å². The monoisotopic (exact) mass is 363 g/mol. The lowest BCUT2D eigenvalue weighted by atomic mass is 9.79. The minimum atomic E-state index is -0.724. The third kappa shape index (κ3) is 5.38. The van der Waals surface area contributed by atoms with Gasteiger partial charge in [-0.15, -0.1) is 0 Å². The summed E-state index contributed by atoms with van der Waals surface area (Å²) in [7, 11) is -0.196. The van der Waals surface area contributed by atoms with Gasteiger partial charge in [-0.1, -0.05) is 76.1 Å². The van der Waals surface area contributed by atoms with Gasteiger partial charge in [0.1, 0.15) is 0 Å². The predicted molar refractivity (Wildman–Crippen MR) is 103 cm³/mol. The molecule has 0 bridgehead atoms. The zero-order valence-electron chi connectivity index (χ0n) is 15.7. The summed E-state index contributed by atoms with van der Waals surface area (Å²) in [6, 6.07) is 8.71. The highest BCUT2D eigenvalue weighted by Gasteiger charge is 2.26. The summed E-state index contributed by atoms with van der Waals surface area (Å²) in [5, 5.41) is 0. The lowest BCUT2D eigenvalue weighted by Gasteiger charge is -2.31. The Balaban J connectivity index is 1.37. The van der Waals surface area contributed by atoms with Crippen LogP contribution in [0.5, 0.6) is 0 Å². The van der Waals surface area contributed by atoms with Crippen molar-refractivity contribution in [2.45, 2.75) is 88.8 Å². The van der Waals surface area contributed by atoms with Gasteiger partial charge in [-0.3, -0.25) is 0 Å². The van der Waals surface area contributed by atoms with Crippen molar-refractivity contribution in [2.75, 3.05) is 0 Å². The van der Waals surface area contributed by atoms with Crippen LogP contribution in [0.3, 0.4) is 0 Å². The second kappa shape index (κ2) is 9.30. The third-order valence-electron chi connectivity index (χ3n) is 6.68. The van der Waals surface area contributed by atoms with Crippen LogP contribution in [-0.2, 0) is 0 Å². The molecule has 0 nitrogen and oxygen atoms in total. The van der Waals surface area contributed by atoms with E-state index >= 15 is 0 Å². The van der Waals surface area contributed by atoms with Gasteiger partial charge in [0, 0.05) is 8.80 Å². The molecule has 1 aromatic carbocycles. The minimum Gasteiger partial charge on any atom is -0.204 e. The quantitative estimate of drug-likeness (QED) is 0.464. The standard InChI is InChI=1S/C22H33F2Si/c1-2-3-17-4-6-18(7-5-17)10-13-25-14-11-19(12-15-25)20-8-9-21(23)22(24)16-20/h8-9,16-19H,2-7,10-15H2,1H3. The Morgan fingerprint density at radius 2 is 1.52 bits per heavy atom. The van der Waals surface area contributed by atoms with Crippen LogP contribution in [0, 0.1) is 23.5 Å². The van der Waals surface area contributed by atoms with E-state index in [1.807, 2.05) is 0 Å². The molecule has 1 radical (unpaired) electrons. The van der Waals surface area contributed by atoms with Gasteiger partial charge in [-0.05, 0) is 48.3 Å². The summed E-state index contributed by atoms with van der Waals surface area (Å²) in [5.41, 5.74) is 1.01. The van der Waals surface area contributed by atoms with E-state index in [-0.39, 0.29) is 8.80 Å². The molecular formula is C22H33F2Si. The molecule has 2 fully saturated rings. The first-order chi connectivity index (χ1) is 12.2. The minimum absolute atomic E-state index is 0.196. The smallest absolute Gasteiger partial charge is 0.159 e. The normalized spacial score (nSPS) is 26.0. The average Bonchev–Trinajstić information content (AvgIpc) is 2.64. The van der Waals surface area contributed by atoms with Crippen LogP contribution in [0.15, 0.2) is 18.2 Å². The van der Waals surface area contributed by atoms with Gasteiger partial charge in [0.2, 0.25) is 0 Å². The summed E-state index contributed by atoms with van der Waals surface area (Å²) in [5.74, 6) is 1.05. The number of hydrogen-bond acceptors (Lipinski definition) is 0. The first-order valence-electron chi connectivity index (χ1n) is 10.4. The van der Waals surface area contributed by atoms with Crippen LogP contribution in [-0.4, -0.2) is 8.80 Å². The predicted octanol–water partition coefficient (Wildman–Crippen LogP) is 7.33. The zero-order valence-corrected chi connectivity index (χ0v) is 16.7. The summed E-state index contributed by atoms with van der Waals surface area (Å²) < 4.78 is 26.5. The molecule has 0 aromatic heterocycles. The summed E-state index contributed by atoms with van der Waals surface area (Å²) in [4.78, 5) is 0. The van der Waals surface area contributed by atoms with Crippen LogP contribution in [0.4, 0.5) is 8.78 Å². The number of hydrogen-bond donors (Lipinski definition) is 0. The van der Waals surface area contributed by atoms with Crippen LogP contribution in [0.1, 0.15) is 76.2 Å². The van der Waals surface area contributed by atoms with Gasteiger partial charge >= 0.3 is 0 Å². The molecule has 139 valence electrons. The number of halogens is 2. The van der Waals surface area contributed by atoms with E-state index in [0.29, 0.717) is 5.92 Å². The first-order valence-corrected chi connectivity index (χ1v) is 12.6. The average molecular weight is 364 g/mol. The molecule has 25 heavy (non-hydrogen) atoms. The van der Waals surface area contributed by atoms with E-state index in [0.717, 1.165) is 17.4 Å². The molecule has 1 aliphatic heterocycles. The lowest BCUT2D eigenvalue weighted by Crippen LogP contribution is -2.22. The fourth-order valence-electron chi connectivity index (χ4n) is 5.00. The van der Waals surface area contributed by atoms with E-state index in [2.05, 4.69) is 6.92 Å². The van der Waals surface area contributed by atoms with Crippen LogP contribution >= 0.6 is 0 Å². The molecule has 0 N–H and O–H groups in total. The van der Waals surface area contributed by atoms with Crippen molar-refractivity contribution in [3.8, 4) is 0 Å². The molecule has 0 spiro atoms. The Kier molecular flexibility index (Phi) is 7.09. The Hall–Kier alpha value is -0.703. The molecule has 1 saturated carbocycles. The molecule has 0 atom stereocenters. The van der Waals surface area contributed by atoms with Crippen molar-refractivity contribution in [1.82, 2.24) is 0 Å². The molecule has 3 rings (SSSR count). The molecule has 0 amide bonds. The maximum absolute atomic E-state index is 13.4. The van der Waals surface area contributed by atoms with Crippen molar-refractivity contribution < 1.29 is 8.78 Å². The zero-order chi connectivity index (χ0) is 17.6. The van der Waals surface area contributed by atoms with Gasteiger partial charge in [-0.25, -0.2) is 8.78 Å². The molecule has 0 unspecified atom stereocenters. The van der Waals surface area contributed by atoms with Gasteiger partial charge in [0.05, 0.1) is 0 Å². The van der Waals surface area contributed by atoms with Crippen molar-refractivity contribution in [3.63, 3.8) is 0 Å². The van der Waals surface area contributed by atoms with Crippen molar-refractivity contribution >= 4 is 8.80 Å².